The Labute approximate surface area is 180 Å². The van der Waals surface area contributed by atoms with Gasteiger partial charge in [0, 0.05) is 10.4 Å². The Balaban J connectivity index is 1.97. The molecule has 0 bridgehead atoms. The van der Waals surface area contributed by atoms with Crippen LogP contribution in [-0.2, 0) is 20.7 Å². The van der Waals surface area contributed by atoms with Gasteiger partial charge in [-0.25, -0.2) is 4.79 Å². The first-order chi connectivity index (χ1) is 14.4. The zero-order valence-corrected chi connectivity index (χ0v) is 18.3. The fourth-order valence-electron chi connectivity index (χ4n) is 4.13. The summed E-state index contributed by atoms with van der Waals surface area (Å²) in [6.07, 6.45) is 3.58. The number of hydrogen-bond acceptors (Lipinski definition) is 5. The van der Waals surface area contributed by atoms with E-state index in [1.54, 1.807) is 0 Å². The zero-order chi connectivity index (χ0) is 21.8. The summed E-state index contributed by atoms with van der Waals surface area (Å²) in [5, 5.41) is 12.8. The van der Waals surface area contributed by atoms with Crippen LogP contribution in [-0.4, -0.2) is 30.1 Å². The number of aliphatic carboxylic acids is 1. The number of hydrogen-bond donors (Lipinski definition) is 2. The van der Waals surface area contributed by atoms with E-state index in [1.807, 2.05) is 31.2 Å². The van der Waals surface area contributed by atoms with E-state index in [0.717, 1.165) is 35.3 Å². The molecule has 0 saturated heterocycles. The van der Waals surface area contributed by atoms with E-state index < -0.39 is 23.8 Å². The Bertz CT molecular complexity index is 947. The van der Waals surface area contributed by atoms with E-state index >= 15 is 0 Å². The minimum atomic E-state index is -0.942. The van der Waals surface area contributed by atoms with Crippen molar-refractivity contribution in [3.63, 3.8) is 0 Å². The van der Waals surface area contributed by atoms with E-state index in [0.29, 0.717) is 23.4 Å². The summed E-state index contributed by atoms with van der Waals surface area (Å²) in [6, 6.07) is 7.97. The Hall–Kier alpha value is -2.67. The number of ether oxygens (including phenoxy) is 1. The predicted molar refractivity (Wildman–Crippen MR) is 117 cm³/mol. The first-order valence-electron chi connectivity index (χ1n) is 10.2. The third-order valence-electron chi connectivity index (χ3n) is 5.78. The molecule has 2 atom stereocenters. The highest BCUT2D eigenvalue weighted by Crippen LogP contribution is 2.41. The van der Waals surface area contributed by atoms with E-state index in [9.17, 15) is 19.5 Å². The minimum absolute atomic E-state index is 0.320. The number of carbonyl (C=O) groups excluding carboxylic acids is 2. The molecule has 1 aliphatic carbocycles. The van der Waals surface area contributed by atoms with E-state index in [1.165, 1.54) is 24.0 Å². The van der Waals surface area contributed by atoms with Crippen molar-refractivity contribution in [1.82, 2.24) is 0 Å². The number of carboxylic acids is 1. The summed E-state index contributed by atoms with van der Waals surface area (Å²) < 4.78 is 5.01. The summed E-state index contributed by atoms with van der Waals surface area (Å²) in [6.45, 7) is 3.98. The molecule has 7 heteroatoms. The lowest BCUT2D eigenvalue weighted by Crippen LogP contribution is -2.36. The number of amides is 1. The molecule has 0 aliphatic heterocycles. The van der Waals surface area contributed by atoms with Gasteiger partial charge in [-0.3, -0.25) is 9.59 Å². The van der Waals surface area contributed by atoms with Crippen molar-refractivity contribution in [2.24, 2.45) is 11.8 Å². The maximum atomic E-state index is 13.0. The number of carbonyl (C=O) groups is 3. The minimum Gasteiger partial charge on any atom is -0.481 e. The SMILES string of the molecule is CCc1ccc(-c2c(C)sc(NC(=O)[C@@H]3CCCC[C@@H]3C(=O)O)c2C(=O)OC)cc1. The van der Waals surface area contributed by atoms with Crippen molar-refractivity contribution >= 4 is 34.2 Å². The second-order valence-electron chi connectivity index (χ2n) is 7.60. The van der Waals surface area contributed by atoms with Gasteiger partial charge in [0.15, 0.2) is 0 Å². The van der Waals surface area contributed by atoms with Crippen LogP contribution in [0.15, 0.2) is 24.3 Å². The quantitative estimate of drug-likeness (QED) is 0.637. The molecule has 3 rings (SSSR count). The normalized spacial score (nSPS) is 18.6. The lowest BCUT2D eigenvalue weighted by molar-refractivity contribution is -0.147. The van der Waals surface area contributed by atoms with Crippen molar-refractivity contribution in [2.45, 2.75) is 46.0 Å². The Morgan fingerprint density at radius 1 is 1.13 bits per heavy atom. The van der Waals surface area contributed by atoms with Crippen LogP contribution in [0.4, 0.5) is 5.00 Å². The van der Waals surface area contributed by atoms with Crippen LogP contribution in [0.1, 0.15) is 53.4 Å². The van der Waals surface area contributed by atoms with Crippen LogP contribution < -0.4 is 5.32 Å². The van der Waals surface area contributed by atoms with Crippen LogP contribution in [0.5, 0.6) is 0 Å². The summed E-state index contributed by atoms with van der Waals surface area (Å²) >= 11 is 1.31. The molecule has 1 aromatic carbocycles. The van der Waals surface area contributed by atoms with Gasteiger partial charge in [0.2, 0.25) is 5.91 Å². The average molecular weight is 430 g/mol. The van der Waals surface area contributed by atoms with Crippen molar-refractivity contribution in [1.29, 1.82) is 0 Å². The van der Waals surface area contributed by atoms with E-state index in [2.05, 4.69) is 12.2 Å². The van der Waals surface area contributed by atoms with E-state index in [-0.39, 0.29) is 5.91 Å². The first kappa shape index (κ1) is 22.0. The highest BCUT2D eigenvalue weighted by atomic mass is 32.1. The number of nitrogens with one attached hydrogen (secondary N) is 1. The summed E-state index contributed by atoms with van der Waals surface area (Å²) in [5.74, 6) is -3.11. The van der Waals surface area contributed by atoms with E-state index in [4.69, 9.17) is 4.74 Å². The molecule has 1 amide bonds. The first-order valence-corrected chi connectivity index (χ1v) is 11.0. The molecule has 2 aromatic rings. The molecule has 0 unspecified atom stereocenters. The molecule has 160 valence electrons. The maximum Gasteiger partial charge on any atom is 0.341 e. The number of methoxy groups -OCH3 is 1. The Morgan fingerprint density at radius 2 is 1.77 bits per heavy atom. The number of rotatable bonds is 6. The van der Waals surface area contributed by atoms with Crippen LogP contribution in [0.2, 0.25) is 0 Å². The molecule has 1 aliphatic rings. The van der Waals surface area contributed by atoms with Gasteiger partial charge in [-0.2, -0.15) is 0 Å². The zero-order valence-electron chi connectivity index (χ0n) is 17.5. The van der Waals surface area contributed by atoms with Crippen molar-refractivity contribution in [2.75, 3.05) is 12.4 Å². The van der Waals surface area contributed by atoms with Gasteiger partial charge >= 0.3 is 11.9 Å². The number of benzene rings is 1. The lowest BCUT2D eigenvalue weighted by Gasteiger charge is -2.27. The number of aryl methyl sites for hydroxylation is 2. The molecule has 1 fully saturated rings. The number of carboxylic acid groups (broad SMARTS) is 1. The van der Waals surface area contributed by atoms with Gasteiger partial charge in [0.05, 0.1) is 18.9 Å². The van der Waals surface area contributed by atoms with Crippen LogP contribution in [0.3, 0.4) is 0 Å². The van der Waals surface area contributed by atoms with Crippen LogP contribution in [0.25, 0.3) is 11.1 Å². The monoisotopic (exact) mass is 429 g/mol. The van der Waals surface area contributed by atoms with Crippen molar-refractivity contribution in [3.8, 4) is 11.1 Å². The third-order valence-corrected chi connectivity index (χ3v) is 6.80. The standard InChI is InChI=1S/C23H27NO5S/c1-4-14-9-11-15(12-10-14)18-13(2)30-21(19(18)23(28)29-3)24-20(25)16-7-5-6-8-17(16)22(26)27/h9-12,16-17H,4-8H2,1-3H3,(H,24,25)(H,26,27)/t16-,17+/m1/s1. The van der Waals surface area contributed by atoms with Crippen LogP contribution >= 0.6 is 11.3 Å². The van der Waals surface area contributed by atoms with Crippen molar-refractivity contribution < 1.29 is 24.2 Å². The lowest BCUT2D eigenvalue weighted by atomic mass is 9.78. The second-order valence-corrected chi connectivity index (χ2v) is 8.83. The molecule has 1 saturated carbocycles. The molecule has 0 spiro atoms. The fraction of sp³-hybridized carbons (Fsp3) is 0.435. The topological polar surface area (TPSA) is 92.7 Å². The molecule has 6 nitrogen and oxygen atoms in total. The molecule has 2 N–H and O–H groups in total. The summed E-state index contributed by atoms with van der Waals surface area (Å²) in [4.78, 5) is 38.1. The Morgan fingerprint density at radius 3 is 2.33 bits per heavy atom. The molecular weight excluding hydrogens is 402 g/mol. The van der Waals surface area contributed by atoms with Crippen molar-refractivity contribution in [3.05, 3.63) is 40.3 Å². The van der Waals surface area contributed by atoms with Gasteiger partial charge < -0.3 is 15.2 Å². The molecule has 30 heavy (non-hydrogen) atoms. The fourth-order valence-corrected chi connectivity index (χ4v) is 5.20. The Kier molecular flexibility index (Phi) is 6.92. The smallest absolute Gasteiger partial charge is 0.341 e. The largest absolute Gasteiger partial charge is 0.481 e. The average Bonchev–Trinajstić information content (AvgIpc) is 3.08. The van der Waals surface area contributed by atoms with Gasteiger partial charge in [-0.1, -0.05) is 44.0 Å². The predicted octanol–water partition coefficient (Wildman–Crippen LogP) is 4.90. The van der Waals surface area contributed by atoms with Gasteiger partial charge in [0.1, 0.15) is 10.6 Å². The van der Waals surface area contributed by atoms with Crippen LogP contribution in [0, 0.1) is 18.8 Å². The number of anilines is 1. The summed E-state index contributed by atoms with van der Waals surface area (Å²) in [5.41, 5.74) is 3.13. The highest BCUT2D eigenvalue weighted by molar-refractivity contribution is 7.17. The molecule has 1 heterocycles. The van der Waals surface area contributed by atoms with Gasteiger partial charge in [0.25, 0.3) is 0 Å². The molecule has 0 radical (unpaired) electrons. The van der Waals surface area contributed by atoms with Gasteiger partial charge in [-0.05, 0) is 37.3 Å². The maximum absolute atomic E-state index is 13.0. The highest BCUT2D eigenvalue weighted by Gasteiger charge is 2.36. The number of esters is 1. The molecular formula is C23H27NO5S. The molecule has 1 aromatic heterocycles. The summed E-state index contributed by atoms with van der Waals surface area (Å²) in [7, 11) is 1.31. The third kappa shape index (κ3) is 4.41. The van der Waals surface area contributed by atoms with Gasteiger partial charge in [-0.15, -0.1) is 11.3 Å². The number of thiophene rings is 1. The second kappa shape index (κ2) is 9.43.